The van der Waals surface area contributed by atoms with Gasteiger partial charge in [0.2, 0.25) is 0 Å². The van der Waals surface area contributed by atoms with Crippen LogP contribution in [0.15, 0.2) is 0 Å². The number of halogens is 2. The molecule has 0 aliphatic carbocycles. The SMILES string of the molecule is CC(C)N(CC(=O)O)C(=O)NCC(F)F. The Kier molecular flexibility index (Phi) is 5.58. The van der Waals surface area contributed by atoms with Crippen molar-refractivity contribution in [2.75, 3.05) is 13.1 Å². The van der Waals surface area contributed by atoms with Gasteiger partial charge < -0.3 is 15.3 Å². The van der Waals surface area contributed by atoms with Crippen LogP contribution in [-0.2, 0) is 4.79 Å². The van der Waals surface area contributed by atoms with Gasteiger partial charge in [-0.15, -0.1) is 0 Å². The van der Waals surface area contributed by atoms with Gasteiger partial charge in [0.15, 0.2) is 0 Å². The van der Waals surface area contributed by atoms with Crippen molar-refractivity contribution >= 4 is 12.0 Å². The lowest BCUT2D eigenvalue weighted by Gasteiger charge is -2.24. The molecule has 2 N–H and O–H groups in total. The first-order valence-corrected chi connectivity index (χ1v) is 4.39. The number of carbonyl (C=O) groups is 2. The van der Waals surface area contributed by atoms with Gasteiger partial charge >= 0.3 is 12.0 Å². The molecule has 5 nitrogen and oxygen atoms in total. The summed E-state index contributed by atoms with van der Waals surface area (Å²) in [6.45, 7) is 1.92. The second-order valence-electron chi connectivity index (χ2n) is 3.19. The molecule has 0 aromatic carbocycles. The molecule has 0 bridgehead atoms. The highest BCUT2D eigenvalue weighted by molar-refractivity contribution is 5.80. The molecule has 0 fully saturated rings. The molecule has 7 heteroatoms. The maximum absolute atomic E-state index is 11.8. The second-order valence-corrected chi connectivity index (χ2v) is 3.19. The van der Waals surface area contributed by atoms with Crippen LogP contribution in [0.25, 0.3) is 0 Å². The molecular weight excluding hydrogens is 210 g/mol. The molecule has 0 aliphatic heterocycles. The summed E-state index contributed by atoms with van der Waals surface area (Å²) in [5.74, 6) is -1.18. The van der Waals surface area contributed by atoms with E-state index in [4.69, 9.17) is 5.11 Å². The zero-order valence-electron chi connectivity index (χ0n) is 8.54. The number of nitrogens with one attached hydrogen (secondary N) is 1. The largest absolute Gasteiger partial charge is 0.480 e. The summed E-state index contributed by atoms with van der Waals surface area (Å²) in [4.78, 5) is 22.6. The number of aliphatic carboxylic acids is 1. The molecule has 88 valence electrons. The predicted octanol–water partition coefficient (Wildman–Crippen LogP) is 0.756. The average molecular weight is 224 g/mol. The lowest BCUT2D eigenvalue weighted by atomic mass is 10.3. The second kappa shape index (κ2) is 6.15. The van der Waals surface area contributed by atoms with Gasteiger partial charge in [0.1, 0.15) is 6.54 Å². The van der Waals surface area contributed by atoms with Crippen molar-refractivity contribution in [2.45, 2.75) is 26.3 Å². The zero-order valence-corrected chi connectivity index (χ0v) is 8.54. The smallest absolute Gasteiger partial charge is 0.323 e. The van der Waals surface area contributed by atoms with E-state index in [2.05, 4.69) is 0 Å². The Morgan fingerprint density at radius 2 is 1.93 bits per heavy atom. The van der Waals surface area contributed by atoms with E-state index < -0.39 is 31.5 Å². The Labute approximate surface area is 86.1 Å². The lowest BCUT2D eigenvalue weighted by Crippen LogP contribution is -2.47. The van der Waals surface area contributed by atoms with E-state index in [1.807, 2.05) is 5.32 Å². The molecule has 0 saturated heterocycles. The summed E-state index contributed by atoms with van der Waals surface area (Å²) in [5, 5.41) is 10.4. The van der Waals surface area contributed by atoms with Crippen LogP contribution < -0.4 is 5.32 Å². The number of carboxylic acid groups (broad SMARTS) is 1. The van der Waals surface area contributed by atoms with Crippen molar-refractivity contribution in [2.24, 2.45) is 0 Å². The van der Waals surface area contributed by atoms with Crippen molar-refractivity contribution in [1.82, 2.24) is 10.2 Å². The first-order chi connectivity index (χ1) is 6.84. The number of carbonyl (C=O) groups excluding carboxylic acids is 1. The summed E-state index contributed by atoms with van der Waals surface area (Å²) in [7, 11) is 0. The summed E-state index contributed by atoms with van der Waals surface area (Å²) in [6.07, 6.45) is -2.65. The van der Waals surface area contributed by atoms with Crippen molar-refractivity contribution < 1.29 is 23.5 Å². The minimum atomic E-state index is -2.65. The van der Waals surface area contributed by atoms with E-state index in [-0.39, 0.29) is 6.04 Å². The fourth-order valence-corrected chi connectivity index (χ4v) is 0.901. The third kappa shape index (κ3) is 5.82. The molecule has 0 spiro atoms. The van der Waals surface area contributed by atoms with Gasteiger partial charge in [-0.25, -0.2) is 13.6 Å². The van der Waals surface area contributed by atoms with Gasteiger partial charge in [0, 0.05) is 6.04 Å². The Bertz CT molecular complexity index is 234. The lowest BCUT2D eigenvalue weighted by molar-refractivity contribution is -0.138. The summed E-state index contributed by atoms with van der Waals surface area (Å²) >= 11 is 0. The highest BCUT2D eigenvalue weighted by Gasteiger charge is 2.20. The molecule has 0 atom stereocenters. The maximum atomic E-state index is 11.8. The van der Waals surface area contributed by atoms with E-state index in [1.54, 1.807) is 13.8 Å². The first-order valence-electron chi connectivity index (χ1n) is 4.39. The van der Waals surface area contributed by atoms with Crippen LogP contribution in [0.4, 0.5) is 13.6 Å². The number of amides is 2. The number of rotatable bonds is 5. The van der Waals surface area contributed by atoms with Gasteiger partial charge in [0.05, 0.1) is 6.54 Å². The molecule has 0 aliphatic rings. The normalized spacial score (nSPS) is 10.5. The Balaban J connectivity index is 4.23. The minimum Gasteiger partial charge on any atom is -0.480 e. The number of hydrogen-bond acceptors (Lipinski definition) is 2. The molecular formula is C8H14F2N2O3. The van der Waals surface area contributed by atoms with Crippen molar-refractivity contribution in [1.29, 1.82) is 0 Å². The van der Waals surface area contributed by atoms with Gasteiger partial charge in [0.25, 0.3) is 6.43 Å². The molecule has 0 rings (SSSR count). The van der Waals surface area contributed by atoms with E-state index in [0.717, 1.165) is 4.90 Å². The molecule has 15 heavy (non-hydrogen) atoms. The van der Waals surface area contributed by atoms with Crippen LogP contribution in [0.5, 0.6) is 0 Å². The van der Waals surface area contributed by atoms with Crippen molar-refractivity contribution in [3.63, 3.8) is 0 Å². The molecule has 0 aromatic heterocycles. The summed E-state index contributed by atoms with van der Waals surface area (Å²) < 4.78 is 23.5. The Hall–Kier alpha value is -1.40. The third-order valence-electron chi connectivity index (χ3n) is 1.60. The molecule has 0 radical (unpaired) electrons. The van der Waals surface area contributed by atoms with Gasteiger partial charge in [-0.3, -0.25) is 4.79 Å². The van der Waals surface area contributed by atoms with Crippen molar-refractivity contribution in [3.05, 3.63) is 0 Å². The van der Waals surface area contributed by atoms with E-state index >= 15 is 0 Å². The summed E-state index contributed by atoms with van der Waals surface area (Å²) in [6, 6.07) is -1.16. The van der Waals surface area contributed by atoms with Crippen LogP contribution in [-0.4, -0.2) is 47.6 Å². The minimum absolute atomic E-state index is 0.362. The van der Waals surface area contributed by atoms with E-state index in [9.17, 15) is 18.4 Å². The van der Waals surface area contributed by atoms with Crippen molar-refractivity contribution in [3.8, 4) is 0 Å². The monoisotopic (exact) mass is 224 g/mol. The number of alkyl halides is 2. The van der Waals surface area contributed by atoms with Crippen LogP contribution in [0.3, 0.4) is 0 Å². The molecule has 0 heterocycles. The summed E-state index contributed by atoms with van der Waals surface area (Å²) in [5.41, 5.74) is 0. The highest BCUT2D eigenvalue weighted by atomic mass is 19.3. The van der Waals surface area contributed by atoms with Gasteiger partial charge in [-0.05, 0) is 13.8 Å². The van der Waals surface area contributed by atoms with Crippen LogP contribution in [0.2, 0.25) is 0 Å². The number of carboxylic acids is 1. The van der Waals surface area contributed by atoms with Gasteiger partial charge in [-0.2, -0.15) is 0 Å². The molecule has 0 unspecified atom stereocenters. The van der Waals surface area contributed by atoms with E-state index in [1.165, 1.54) is 0 Å². The standard InChI is InChI=1S/C8H14F2N2O3/c1-5(2)12(4-7(13)14)8(15)11-3-6(9)10/h5-6H,3-4H2,1-2H3,(H,11,15)(H,13,14). The molecule has 0 saturated carbocycles. The number of urea groups is 1. The zero-order chi connectivity index (χ0) is 12.0. The fourth-order valence-electron chi connectivity index (χ4n) is 0.901. The van der Waals surface area contributed by atoms with E-state index in [0.29, 0.717) is 0 Å². The topological polar surface area (TPSA) is 69.6 Å². The quantitative estimate of drug-likeness (QED) is 0.724. The molecule has 2 amide bonds. The van der Waals surface area contributed by atoms with Crippen LogP contribution in [0, 0.1) is 0 Å². The predicted molar refractivity (Wildman–Crippen MR) is 48.9 cm³/mol. The maximum Gasteiger partial charge on any atom is 0.323 e. The first kappa shape index (κ1) is 13.6. The Morgan fingerprint density at radius 1 is 1.40 bits per heavy atom. The van der Waals surface area contributed by atoms with Crippen LogP contribution in [0.1, 0.15) is 13.8 Å². The van der Waals surface area contributed by atoms with Crippen LogP contribution >= 0.6 is 0 Å². The number of hydrogen-bond donors (Lipinski definition) is 2. The number of nitrogens with zero attached hydrogens (tertiary/aromatic N) is 1. The third-order valence-corrected chi connectivity index (χ3v) is 1.60. The average Bonchev–Trinajstić information content (AvgIpc) is 2.09. The van der Waals surface area contributed by atoms with Gasteiger partial charge in [-0.1, -0.05) is 0 Å². The highest BCUT2D eigenvalue weighted by Crippen LogP contribution is 1.99. The molecule has 0 aromatic rings. The Morgan fingerprint density at radius 3 is 2.27 bits per heavy atom. The fraction of sp³-hybridized carbons (Fsp3) is 0.750.